The van der Waals surface area contributed by atoms with Crippen LogP contribution in [0.15, 0.2) is 18.5 Å². The molecule has 0 saturated heterocycles. The summed E-state index contributed by atoms with van der Waals surface area (Å²) in [5.74, 6) is 1.13. The van der Waals surface area contributed by atoms with Crippen molar-refractivity contribution in [1.29, 1.82) is 0 Å². The summed E-state index contributed by atoms with van der Waals surface area (Å²) in [4.78, 5) is 24.9. The van der Waals surface area contributed by atoms with Gasteiger partial charge < -0.3 is 19.4 Å². The Labute approximate surface area is 207 Å². The van der Waals surface area contributed by atoms with Gasteiger partial charge in [-0.3, -0.25) is 9.48 Å². The van der Waals surface area contributed by atoms with Crippen molar-refractivity contribution in [1.82, 2.24) is 33.8 Å². The van der Waals surface area contributed by atoms with Crippen LogP contribution >= 0.6 is 0 Å². The largest absolute Gasteiger partial charge is 0.336 e. The first kappa shape index (κ1) is 22.9. The van der Waals surface area contributed by atoms with Gasteiger partial charge in [-0.15, -0.1) is 0 Å². The van der Waals surface area contributed by atoms with Gasteiger partial charge in [0.1, 0.15) is 17.7 Å². The van der Waals surface area contributed by atoms with Gasteiger partial charge in [0.2, 0.25) is 5.91 Å². The second-order valence-electron chi connectivity index (χ2n) is 9.94. The fraction of sp³-hybridized carbons (Fsp3) is 0.520. The third-order valence-corrected chi connectivity index (χ3v) is 7.14. The van der Waals surface area contributed by atoms with Crippen LogP contribution in [-0.2, 0) is 31.4 Å². The minimum atomic E-state index is -2.49. The summed E-state index contributed by atoms with van der Waals surface area (Å²) >= 11 is 0. The number of pyridine rings is 1. The molecule has 0 atom stereocenters. The molecule has 4 aromatic rings. The van der Waals surface area contributed by atoms with E-state index in [2.05, 4.69) is 30.9 Å². The maximum atomic E-state index is 13.3. The van der Waals surface area contributed by atoms with Gasteiger partial charge in [0.25, 0.3) is 6.43 Å². The summed E-state index contributed by atoms with van der Waals surface area (Å²) in [6.45, 7) is 3.99. The van der Waals surface area contributed by atoms with Crippen LogP contribution in [0.1, 0.15) is 44.0 Å². The maximum absolute atomic E-state index is 13.3. The number of hydrogen-bond acceptors (Lipinski definition) is 5. The number of nitrogens with zero attached hydrogens (tertiary/aromatic N) is 7. The molecule has 6 rings (SSSR count). The van der Waals surface area contributed by atoms with E-state index in [9.17, 15) is 13.6 Å². The molecule has 0 spiro atoms. The molecule has 0 radical (unpaired) electrons. The number of amides is 1. The molecule has 2 saturated carbocycles. The smallest absolute Gasteiger partial charge is 0.257 e. The summed E-state index contributed by atoms with van der Waals surface area (Å²) < 4.78 is 31.1. The Bertz CT molecular complexity index is 1450. The van der Waals surface area contributed by atoms with Gasteiger partial charge in [0.05, 0.1) is 18.3 Å². The Morgan fingerprint density at radius 2 is 1.94 bits per heavy atom. The lowest BCUT2D eigenvalue weighted by atomic mass is 10.2. The van der Waals surface area contributed by atoms with E-state index in [1.807, 2.05) is 18.5 Å². The van der Waals surface area contributed by atoms with Gasteiger partial charge in [-0.1, -0.05) is 0 Å². The minimum absolute atomic E-state index is 0.192. The number of halogens is 2. The average molecular weight is 497 g/mol. The fourth-order valence-corrected chi connectivity index (χ4v) is 5.22. The molecule has 2 aliphatic carbocycles. The molecule has 1 amide bonds. The predicted molar refractivity (Wildman–Crippen MR) is 133 cm³/mol. The Kier molecular flexibility index (Phi) is 5.45. The van der Waals surface area contributed by atoms with Gasteiger partial charge >= 0.3 is 0 Å². The normalized spacial score (nSPS) is 15.9. The van der Waals surface area contributed by atoms with E-state index < -0.39 is 13.0 Å². The first-order chi connectivity index (χ1) is 17.3. The quantitative estimate of drug-likeness (QED) is 0.376. The van der Waals surface area contributed by atoms with Crippen molar-refractivity contribution < 1.29 is 13.6 Å². The van der Waals surface area contributed by atoms with Gasteiger partial charge in [-0.25, -0.2) is 18.7 Å². The zero-order chi connectivity index (χ0) is 25.1. The molecule has 0 bridgehead atoms. The third kappa shape index (κ3) is 4.00. The highest BCUT2D eigenvalue weighted by molar-refractivity contribution is 6.07. The molecule has 2 fully saturated rings. The maximum Gasteiger partial charge on any atom is 0.257 e. The average Bonchev–Trinajstić information content (AvgIpc) is 3.74. The monoisotopic (exact) mass is 496 g/mol. The summed E-state index contributed by atoms with van der Waals surface area (Å²) in [6.07, 6.45) is 4.02. The molecule has 0 aliphatic heterocycles. The number of nitrogens with one attached hydrogen (secondary N) is 1. The molecular weight excluding hydrogens is 466 g/mol. The number of carbonyl (C=O) groups is 1. The van der Waals surface area contributed by atoms with E-state index in [1.54, 1.807) is 19.3 Å². The molecule has 4 aromatic heterocycles. The molecular formula is C25H30F2N8O. The van der Waals surface area contributed by atoms with Crippen molar-refractivity contribution in [2.24, 2.45) is 7.05 Å². The van der Waals surface area contributed by atoms with Crippen molar-refractivity contribution >= 4 is 39.6 Å². The fourth-order valence-electron chi connectivity index (χ4n) is 5.22. The van der Waals surface area contributed by atoms with E-state index in [0.717, 1.165) is 47.9 Å². The second kappa shape index (κ2) is 8.56. The number of aryl methyl sites for hydroxylation is 3. The second-order valence-corrected chi connectivity index (χ2v) is 9.94. The molecule has 0 aromatic carbocycles. The topological polar surface area (TPSA) is 85.8 Å². The molecule has 190 valence electrons. The Balaban J connectivity index is 1.39. The van der Waals surface area contributed by atoms with E-state index in [-0.39, 0.29) is 5.91 Å². The number of rotatable bonds is 9. The summed E-state index contributed by atoms with van der Waals surface area (Å²) in [5.41, 5.74) is 3.88. The van der Waals surface area contributed by atoms with Crippen molar-refractivity contribution in [3.05, 3.63) is 29.8 Å². The summed E-state index contributed by atoms with van der Waals surface area (Å²) in [5, 5.41) is 8.42. The minimum Gasteiger partial charge on any atom is -0.336 e. The lowest BCUT2D eigenvalue weighted by Crippen LogP contribution is -2.36. The Morgan fingerprint density at radius 1 is 1.22 bits per heavy atom. The van der Waals surface area contributed by atoms with Gasteiger partial charge in [0.15, 0.2) is 11.6 Å². The first-order valence-electron chi connectivity index (χ1n) is 12.6. The van der Waals surface area contributed by atoms with Gasteiger partial charge in [0, 0.05) is 48.5 Å². The highest BCUT2D eigenvalue weighted by Crippen LogP contribution is 2.38. The van der Waals surface area contributed by atoms with Crippen molar-refractivity contribution in [3.8, 4) is 0 Å². The van der Waals surface area contributed by atoms with Crippen LogP contribution in [0.5, 0.6) is 0 Å². The van der Waals surface area contributed by atoms with Crippen molar-refractivity contribution in [3.63, 3.8) is 0 Å². The molecule has 9 nitrogen and oxygen atoms in total. The van der Waals surface area contributed by atoms with E-state index in [0.29, 0.717) is 47.9 Å². The highest BCUT2D eigenvalue weighted by atomic mass is 19.3. The number of anilines is 2. The van der Waals surface area contributed by atoms with Crippen LogP contribution in [-0.4, -0.2) is 58.2 Å². The zero-order valence-corrected chi connectivity index (χ0v) is 20.7. The van der Waals surface area contributed by atoms with Crippen LogP contribution in [0.25, 0.3) is 22.1 Å². The number of hydrogen-bond donors (Lipinski definition) is 1. The zero-order valence-electron chi connectivity index (χ0n) is 20.7. The first-order valence-corrected chi connectivity index (χ1v) is 12.6. The van der Waals surface area contributed by atoms with Crippen LogP contribution in [0.4, 0.5) is 20.4 Å². The molecule has 36 heavy (non-hydrogen) atoms. The Morgan fingerprint density at radius 3 is 2.58 bits per heavy atom. The lowest BCUT2D eigenvalue weighted by molar-refractivity contribution is -0.131. The number of imidazole rings is 1. The molecule has 4 heterocycles. The number of carbonyl (C=O) groups excluding carboxylic acids is 1. The number of alkyl halides is 2. The predicted octanol–water partition coefficient (Wildman–Crippen LogP) is 4.15. The SMILES string of the molecule is CCn1c(CC(=O)N(C2CC2)C2CC2)cc2c3c(ncn3C)c(Nc3cc(C)n(CC(F)F)n3)nc21. The van der Waals surface area contributed by atoms with Crippen molar-refractivity contribution in [2.45, 2.75) is 77.6 Å². The molecule has 2 aliphatic rings. The van der Waals surface area contributed by atoms with Crippen LogP contribution in [0.2, 0.25) is 0 Å². The molecule has 1 N–H and O–H groups in total. The van der Waals surface area contributed by atoms with Crippen molar-refractivity contribution in [2.75, 3.05) is 5.32 Å². The van der Waals surface area contributed by atoms with E-state index in [1.165, 1.54) is 4.68 Å². The highest BCUT2D eigenvalue weighted by Gasteiger charge is 2.42. The summed E-state index contributed by atoms with van der Waals surface area (Å²) in [6, 6.07) is 4.61. The summed E-state index contributed by atoms with van der Waals surface area (Å²) in [7, 11) is 1.93. The van der Waals surface area contributed by atoms with E-state index in [4.69, 9.17) is 4.98 Å². The number of fused-ring (bicyclic) bond motifs is 3. The van der Waals surface area contributed by atoms with E-state index >= 15 is 0 Å². The van der Waals surface area contributed by atoms with Gasteiger partial charge in [-0.2, -0.15) is 5.10 Å². The van der Waals surface area contributed by atoms with Crippen LogP contribution < -0.4 is 5.32 Å². The lowest BCUT2D eigenvalue weighted by Gasteiger charge is -2.22. The van der Waals surface area contributed by atoms with Crippen LogP contribution in [0.3, 0.4) is 0 Å². The van der Waals surface area contributed by atoms with Crippen LogP contribution in [0, 0.1) is 6.92 Å². The number of aromatic nitrogens is 6. The Hall–Kier alpha value is -3.50. The molecule has 0 unspecified atom stereocenters. The molecule has 11 heteroatoms. The standard InChI is InChI=1S/C25H30F2N8O/c1-4-33-17(11-21(36)35(15-5-6-15)16-7-8-16)10-18-23-22(28-13-32(23)3)24(30-25(18)33)29-20-9-14(2)34(31-20)12-19(26)27/h9-10,13,15-16,19H,4-8,11-12H2,1-3H3,(H,29,30,31). The van der Waals surface area contributed by atoms with Gasteiger partial charge in [-0.05, 0) is 45.6 Å². The third-order valence-electron chi connectivity index (χ3n) is 7.14.